The summed E-state index contributed by atoms with van der Waals surface area (Å²) in [5.74, 6) is 1.40. The molecule has 0 aliphatic carbocycles. The number of rotatable bonds is 3. The second-order valence-electron chi connectivity index (χ2n) is 6.03. The predicted octanol–water partition coefficient (Wildman–Crippen LogP) is 4.27. The molecule has 0 radical (unpaired) electrons. The molecule has 1 aromatic heterocycles. The van der Waals surface area contributed by atoms with Crippen molar-refractivity contribution in [3.05, 3.63) is 55.3 Å². The van der Waals surface area contributed by atoms with Crippen LogP contribution in [0.25, 0.3) is 0 Å². The van der Waals surface area contributed by atoms with Crippen molar-refractivity contribution in [3.63, 3.8) is 0 Å². The smallest absolute Gasteiger partial charge is 0.264 e. The van der Waals surface area contributed by atoms with Crippen LogP contribution in [-0.4, -0.2) is 9.97 Å². The van der Waals surface area contributed by atoms with Crippen LogP contribution < -0.4 is 5.56 Å². The van der Waals surface area contributed by atoms with E-state index in [2.05, 4.69) is 84.5 Å². The van der Waals surface area contributed by atoms with Crippen LogP contribution in [0.15, 0.2) is 34.0 Å². The molecule has 2 rings (SSSR count). The number of H-pyrrole nitrogens is 1. The highest BCUT2D eigenvalue weighted by Crippen LogP contribution is 2.25. The van der Waals surface area contributed by atoms with Gasteiger partial charge in [-0.1, -0.05) is 38.5 Å². The van der Waals surface area contributed by atoms with E-state index in [0.717, 1.165) is 11.5 Å². The molecule has 3 nitrogen and oxygen atoms in total. The number of thioether (sulfide) groups is 1. The molecule has 112 valence electrons. The molecule has 0 aliphatic heterocycles. The van der Waals surface area contributed by atoms with Gasteiger partial charge in [0.2, 0.25) is 0 Å². The van der Waals surface area contributed by atoms with E-state index in [1.807, 2.05) is 0 Å². The maximum Gasteiger partial charge on any atom is 0.264 e. The van der Waals surface area contributed by atoms with Gasteiger partial charge in [-0.2, -0.15) is 0 Å². The topological polar surface area (TPSA) is 45.8 Å². The number of hydrogen-bond acceptors (Lipinski definition) is 3. The average Bonchev–Trinajstić information content (AvgIpc) is 2.40. The lowest BCUT2D eigenvalue weighted by Gasteiger charge is -2.19. The fourth-order valence-corrected chi connectivity index (χ4v) is 3.69. The van der Waals surface area contributed by atoms with Crippen molar-refractivity contribution in [3.8, 4) is 0 Å². The molecule has 1 aromatic carbocycles. The first-order valence-electron chi connectivity index (χ1n) is 6.76. The van der Waals surface area contributed by atoms with Gasteiger partial charge in [0.15, 0.2) is 0 Å². The number of aromatic nitrogens is 2. The number of aromatic amines is 1. The molecule has 0 spiro atoms. The van der Waals surface area contributed by atoms with Gasteiger partial charge in [-0.05, 0) is 41.6 Å². The molecule has 0 saturated carbocycles. The molecule has 0 atom stereocenters. The zero-order chi connectivity index (χ0) is 15.6. The summed E-state index contributed by atoms with van der Waals surface area (Å²) in [7, 11) is 0. The number of aryl methyl sites for hydroxylation is 1. The standard InChI is InChI=1S/C16H19IN2OS/c1-10-5-7-11(8-6-10)21-9-12-18-14(16(2,3)4)13(17)15(20)19-12/h5-8H,9H2,1-4H3,(H,18,19,20). The Hall–Kier alpha value is -0.820. The van der Waals surface area contributed by atoms with Crippen LogP contribution in [0.4, 0.5) is 0 Å². The van der Waals surface area contributed by atoms with Crippen LogP contribution in [0, 0.1) is 10.5 Å². The molecule has 0 unspecified atom stereocenters. The second-order valence-corrected chi connectivity index (χ2v) is 8.15. The third kappa shape index (κ3) is 4.32. The fraction of sp³-hybridized carbons (Fsp3) is 0.375. The second kappa shape index (κ2) is 6.52. The summed E-state index contributed by atoms with van der Waals surface area (Å²) < 4.78 is 0.684. The molecular formula is C16H19IN2OS. The van der Waals surface area contributed by atoms with E-state index in [9.17, 15) is 4.79 Å². The third-order valence-corrected chi connectivity index (χ3v) is 5.04. The minimum absolute atomic E-state index is 0.0463. The fourth-order valence-electron chi connectivity index (χ4n) is 1.86. The van der Waals surface area contributed by atoms with E-state index in [0.29, 0.717) is 9.32 Å². The van der Waals surface area contributed by atoms with Crippen LogP contribution in [-0.2, 0) is 11.2 Å². The summed E-state index contributed by atoms with van der Waals surface area (Å²) >= 11 is 3.76. The van der Waals surface area contributed by atoms with Crippen molar-refractivity contribution >= 4 is 34.4 Å². The zero-order valence-electron chi connectivity index (χ0n) is 12.7. The highest BCUT2D eigenvalue weighted by Gasteiger charge is 2.21. The number of halogens is 1. The van der Waals surface area contributed by atoms with E-state index in [1.165, 1.54) is 10.5 Å². The van der Waals surface area contributed by atoms with Gasteiger partial charge >= 0.3 is 0 Å². The lowest BCUT2D eigenvalue weighted by molar-refractivity contribution is 0.557. The minimum Gasteiger partial charge on any atom is -0.309 e. The van der Waals surface area contributed by atoms with Crippen LogP contribution in [0.1, 0.15) is 37.9 Å². The van der Waals surface area contributed by atoms with Gasteiger partial charge in [0.25, 0.3) is 5.56 Å². The molecule has 1 heterocycles. The van der Waals surface area contributed by atoms with Crippen molar-refractivity contribution in [2.75, 3.05) is 0 Å². The highest BCUT2D eigenvalue weighted by molar-refractivity contribution is 14.1. The van der Waals surface area contributed by atoms with Crippen molar-refractivity contribution in [1.82, 2.24) is 9.97 Å². The monoisotopic (exact) mass is 414 g/mol. The summed E-state index contributed by atoms with van der Waals surface area (Å²) in [5.41, 5.74) is 1.94. The summed E-state index contributed by atoms with van der Waals surface area (Å²) in [6.45, 7) is 8.30. The SMILES string of the molecule is Cc1ccc(SCc2nc(C(C)(C)C)c(I)c(=O)[nH]2)cc1. The van der Waals surface area contributed by atoms with E-state index in [4.69, 9.17) is 0 Å². The van der Waals surface area contributed by atoms with Crippen molar-refractivity contribution in [2.45, 2.75) is 43.8 Å². The Labute approximate surface area is 143 Å². The van der Waals surface area contributed by atoms with E-state index in [1.54, 1.807) is 11.8 Å². The Balaban J connectivity index is 2.23. The van der Waals surface area contributed by atoms with Gasteiger partial charge in [0.05, 0.1) is 11.4 Å². The van der Waals surface area contributed by atoms with Gasteiger partial charge in [0, 0.05) is 10.3 Å². The first kappa shape index (κ1) is 16.5. The summed E-state index contributed by atoms with van der Waals surface area (Å²) in [5, 5.41) is 0. The summed E-state index contributed by atoms with van der Waals surface area (Å²) in [6.07, 6.45) is 0. The molecule has 1 N–H and O–H groups in total. The molecule has 0 amide bonds. The summed E-state index contributed by atoms with van der Waals surface area (Å²) in [4.78, 5) is 20.8. The van der Waals surface area contributed by atoms with Gasteiger partial charge in [-0.15, -0.1) is 11.8 Å². The number of nitrogens with zero attached hydrogens (tertiary/aromatic N) is 1. The summed E-state index contributed by atoms with van der Waals surface area (Å²) in [6, 6.07) is 8.37. The first-order valence-corrected chi connectivity index (χ1v) is 8.82. The molecule has 0 aliphatic rings. The lowest BCUT2D eigenvalue weighted by Crippen LogP contribution is -2.25. The van der Waals surface area contributed by atoms with Gasteiger partial charge in [-0.25, -0.2) is 4.98 Å². The van der Waals surface area contributed by atoms with Crippen LogP contribution in [0.3, 0.4) is 0 Å². The minimum atomic E-state index is -0.131. The highest BCUT2D eigenvalue weighted by atomic mass is 127. The van der Waals surface area contributed by atoms with Crippen molar-refractivity contribution in [1.29, 1.82) is 0 Å². The molecule has 0 saturated heterocycles. The number of benzene rings is 1. The zero-order valence-corrected chi connectivity index (χ0v) is 15.6. The Morgan fingerprint density at radius 1 is 1.24 bits per heavy atom. The van der Waals surface area contributed by atoms with Gasteiger partial charge in [0.1, 0.15) is 9.39 Å². The Bertz CT molecular complexity index is 687. The molecule has 5 heteroatoms. The Kier molecular flexibility index (Phi) is 5.14. The molecule has 21 heavy (non-hydrogen) atoms. The van der Waals surface area contributed by atoms with Crippen LogP contribution in [0.2, 0.25) is 0 Å². The van der Waals surface area contributed by atoms with E-state index in [-0.39, 0.29) is 11.0 Å². The third-order valence-electron chi connectivity index (χ3n) is 3.02. The molecule has 0 bridgehead atoms. The van der Waals surface area contributed by atoms with Crippen molar-refractivity contribution < 1.29 is 0 Å². The van der Waals surface area contributed by atoms with Gasteiger partial charge < -0.3 is 4.98 Å². The van der Waals surface area contributed by atoms with Crippen LogP contribution in [0.5, 0.6) is 0 Å². The van der Waals surface area contributed by atoms with Gasteiger partial charge in [-0.3, -0.25) is 4.79 Å². The molecule has 0 fully saturated rings. The first-order chi connectivity index (χ1) is 9.77. The average molecular weight is 414 g/mol. The molecular weight excluding hydrogens is 395 g/mol. The Morgan fingerprint density at radius 3 is 2.43 bits per heavy atom. The number of hydrogen-bond donors (Lipinski definition) is 1. The largest absolute Gasteiger partial charge is 0.309 e. The maximum absolute atomic E-state index is 12.1. The van der Waals surface area contributed by atoms with Crippen LogP contribution >= 0.6 is 34.4 Å². The van der Waals surface area contributed by atoms with Crippen molar-refractivity contribution in [2.24, 2.45) is 0 Å². The molecule has 2 aromatic rings. The van der Waals surface area contributed by atoms with E-state index < -0.39 is 0 Å². The Morgan fingerprint density at radius 2 is 1.86 bits per heavy atom. The maximum atomic E-state index is 12.1. The van der Waals surface area contributed by atoms with E-state index >= 15 is 0 Å². The quantitative estimate of drug-likeness (QED) is 0.603. The number of nitrogens with one attached hydrogen (secondary N) is 1. The normalized spacial score (nSPS) is 11.7. The predicted molar refractivity (Wildman–Crippen MR) is 97.0 cm³/mol. The lowest BCUT2D eigenvalue weighted by atomic mass is 9.92.